The van der Waals surface area contributed by atoms with Crippen molar-refractivity contribution in [2.24, 2.45) is 5.92 Å². The Kier molecular flexibility index (Phi) is 6.11. The topological polar surface area (TPSA) is 55.2 Å². The second kappa shape index (κ2) is 8.78. The third-order valence-corrected chi connectivity index (χ3v) is 7.64. The Labute approximate surface area is 184 Å². The number of rotatable bonds is 6. The molecule has 1 aliphatic rings. The van der Waals surface area contributed by atoms with Gasteiger partial charge in [-0.3, -0.25) is 14.2 Å². The first-order valence-electron chi connectivity index (χ1n) is 10.1. The Morgan fingerprint density at radius 1 is 1.40 bits per heavy atom. The van der Waals surface area contributed by atoms with E-state index in [1.807, 2.05) is 30.3 Å². The molecule has 30 heavy (non-hydrogen) atoms. The molecule has 0 radical (unpaired) electrons. The maximum atomic E-state index is 13.3. The molecule has 5 nitrogen and oxygen atoms in total. The summed E-state index contributed by atoms with van der Waals surface area (Å²) in [6.07, 6.45) is 4.77. The summed E-state index contributed by atoms with van der Waals surface area (Å²) in [4.78, 5) is 34.6. The van der Waals surface area contributed by atoms with Crippen molar-refractivity contribution < 1.29 is 4.79 Å². The molecule has 0 saturated carbocycles. The van der Waals surface area contributed by atoms with Crippen LogP contribution in [-0.4, -0.2) is 28.3 Å². The number of aryl methyl sites for hydroxylation is 1. The number of carbonyl (C=O) groups is 1. The highest BCUT2D eigenvalue weighted by molar-refractivity contribution is 7.99. The van der Waals surface area contributed by atoms with E-state index in [0.29, 0.717) is 17.6 Å². The normalized spacial score (nSPS) is 15.7. The number of nitrogens with zero attached hydrogens (tertiary/aromatic N) is 3. The number of aromatic nitrogens is 2. The first-order chi connectivity index (χ1) is 14.5. The quantitative estimate of drug-likeness (QED) is 0.322. The molecule has 0 fully saturated rings. The summed E-state index contributed by atoms with van der Waals surface area (Å²) in [5, 5.41) is 1.34. The third-order valence-electron chi connectivity index (χ3n) is 5.53. The minimum Gasteiger partial charge on any atom is -0.315 e. The molecule has 156 valence electrons. The minimum absolute atomic E-state index is 0.0154. The van der Waals surface area contributed by atoms with Crippen LogP contribution in [-0.2, 0) is 24.2 Å². The van der Waals surface area contributed by atoms with Gasteiger partial charge in [0.2, 0.25) is 5.91 Å². The molecule has 0 N–H and O–H groups in total. The number of para-hydroxylation sites is 1. The molecule has 0 saturated heterocycles. The Morgan fingerprint density at radius 3 is 2.90 bits per heavy atom. The van der Waals surface area contributed by atoms with Gasteiger partial charge < -0.3 is 4.90 Å². The number of thiophene rings is 1. The van der Waals surface area contributed by atoms with Crippen LogP contribution in [0.2, 0.25) is 0 Å². The van der Waals surface area contributed by atoms with E-state index in [4.69, 9.17) is 4.98 Å². The highest BCUT2D eigenvalue weighted by Gasteiger charge is 2.25. The Morgan fingerprint density at radius 2 is 2.17 bits per heavy atom. The predicted octanol–water partition coefficient (Wildman–Crippen LogP) is 4.52. The lowest BCUT2D eigenvalue weighted by Crippen LogP contribution is -2.29. The van der Waals surface area contributed by atoms with Crippen LogP contribution in [0.1, 0.15) is 23.8 Å². The van der Waals surface area contributed by atoms with Gasteiger partial charge in [-0.1, -0.05) is 43.0 Å². The van der Waals surface area contributed by atoms with Crippen molar-refractivity contribution in [2.75, 3.05) is 17.7 Å². The maximum Gasteiger partial charge on any atom is 0.263 e. The zero-order chi connectivity index (χ0) is 21.3. The molecule has 0 unspecified atom stereocenters. The van der Waals surface area contributed by atoms with Gasteiger partial charge in [-0.25, -0.2) is 4.98 Å². The van der Waals surface area contributed by atoms with Crippen molar-refractivity contribution in [3.8, 4) is 0 Å². The van der Waals surface area contributed by atoms with Gasteiger partial charge in [0, 0.05) is 24.2 Å². The summed E-state index contributed by atoms with van der Waals surface area (Å²) in [6, 6.07) is 9.53. The predicted molar refractivity (Wildman–Crippen MR) is 126 cm³/mol. The molecular formula is C23H25N3O2S2. The van der Waals surface area contributed by atoms with E-state index in [1.165, 1.54) is 22.2 Å². The van der Waals surface area contributed by atoms with Gasteiger partial charge in [-0.05, 0) is 42.9 Å². The summed E-state index contributed by atoms with van der Waals surface area (Å²) in [7, 11) is 1.76. The van der Waals surface area contributed by atoms with Crippen LogP contribution in [0.3, 0.4) is 0 Å². The Bertz CT molecular complexity index is 1150. The molecule has 1 atom stereocenters. The average molecular weight is 440 g/mol. The van der Waals surface area contributed by atoms with Crippen molar-refractivity contribution in [2.45, 2.75) is 37.9 Å². The number of hydrogen-bond donors (Lipinski definition) is 0. The number of fused-ring (bicyclic) bond motifs is 3. The molecular weight excluding hydrogens is 414 g/mol. The van der Waals surface area contributed by atoms with E-state index in [0.717, 1.165) is 35.2 Å². The third kappa shape index (κ3) is 3.96. The van der Waals surface area contributed by atoms with Crippen LogP contribution in [0.15, 0.2) is 52.9 Å². The van der Waals surface area contributed by atoms with E-state index < -0.39 is 0 Å². The van der Waals surface area contributed by atoms with Crippen molar-refractivity contribution in [3.05, 3.63) is 63.8 Å². The van der Waals surface area contributed by atoms with Crippen molar-refractivity contribution in [3.63, 3.8) is 0 Å². The molecule has 0 bridgehead atoms. The molecule has 1 aromatic carbocycles. The summed E-state index contributed by atoms with van der Waals surface area (Å²) in [5.41, 5.74) is 2.01. The van der Waals surface area contributed by atoms with Gasteiger partial charge in [-0.15, -0.1) is 17.9 Å². The SMILES string of the molecule is C=CCn1c(SCC(=O)N(C)c2ccccc2)nc2sc3c(c2c1=O)CC[C@@H](C)C3. The molecule has 7 heteroatoms. The highest BCUT2D eigenvalue weighted by atomic mass is 32.2. The number of carbonyl (C=O) groups excluding carboxylic acids is 1. The van der Waals surface area contributed by atoms with E-state index in [-0.39, 0.29) is 17.2 Å². The largest absolute Gasteiger partial charge is 0.315 e. The molecule has 1 amide bonds. The first kappa shape index (κ1) is 20.9. The maximum absolute atomic E-state index is 13.3. The van der Waals surface area contributed by atoms with Crippen LogP contribution in [0.5, 0.6) is 0 Å². The van der Waals surface area contributed by atoms with E-state index >= 15 is 0 Å². The smallest absolute Gasteiger partial charge is 0.263 e. The molecule has 4 rings (SSSR count). The fourth-order valence-electron chi connectivity index (χ4n) is 3.82. The van der Waals surface area contributed by atoms with Crippen LogP contribution in [0.4, 0.5) is 5.69 Å². The van der Waals surface area contributed by atoms with Gasteiger partial charge in [-0.2, -0.15) is 0 Å². The summed E-state index contributed by atoms with van der Waals surface area (Å²) >= 11 is 2.95. The van der Waals surface area contributed by atoms with Gasteiger partial charge in [0.25, 0.3) is 5.56 Å². The summed E-state index contributed by atoms with van der Waals surface area (Å²) in [5.74, 6) is 0.814. The standard InChI is InChI=1S/C23H25N3O2S2/c1-4-12-26-22(28)20-17-11-10-15(2)13-18(17)30-21(20)24-23(26)29-14-19(27)25(3)16-8-6-5-7-9-16/h4-9,15H,1,10-14H2,2-3H3/t15-/m1/s1. The van der Waals surface area contributed by atoms with Gasteiger partial charge in [0.15, 0.2) is 5.16 Å². The van der Waals surface area contributed by atoms with Gasteiger partial charge in [0.1, 0.15) is 4.83 Å². The van der Waals surface area contributed by atoms with Crippen LogP contribution in [0, 0.1) is 5.92 Å². The highest BCUT2D eigenvalue weighted by Crippen LogP contribution is 2.36. The fourth-order valence-corrected chi connectivity index (χ4v) is 6.17. The zero-order valence-corrected chi connectivity index (χ0v) is 18.9. The van der Waals surface area contributed by atoms with E-state index in [1.54, 1.807) is 33.9 Å². The second-order valence-corrected chi connectivity index (χ2v) is 9.73. The molecule has 1 aliphatic carbocycles. The number of thioether (sulfide) groups is 1. The minimum atomic E-state index is -0.0370. The summed E-state index contributed by atoms with van der Waals surface area (Å²) < 4.78 is 1.65. The number of amides is 1. The fraction of sp³-hybridized carbons (Fsp3) is 0.348. The number of allylic oxidation sites excluding steroid dienone is 1. The van der Waals surface area contributed by atoms with Crippen molar-refractivity contribution in [1.82, 2.24) is 9.55 Å². The molecule has 2 aromatic heterocycles. The van der Waals surface area contributed by atoms with Crippen LogP contribution >= 0.6 is 23.1 Å². The summed E-state index contributed by atoms with van der Waals surface area (Å²) in [6.45, 7) is 6.44. The van der Waals surface area contributed by atoms with Gasteiger partial charge in [0.05, 0.1) is 11.1 Å². The molecule has 0 aliphatic heterocycles. The van der Waals surface area contributed by atoms with Crippen molar-refractivity contribution in [1.29, 1.82) is 0 Å². The van der Waals surface area contributed by atoms with E-state index in [9.17, 15) is 9.59 Å². The average Bonchev–Trinajstić information content (AvgIpc) is 3.11. The molecule has 3 aromatic rings. The van der Waals surface area contributed by atoms with Crippen LogP contribution in [0.25, 0.3) is 10.2 Å². The Balaban J connectivity index is 1.65. The number of benzene rings is 1. The lowest BCUT2D eigenvalue weighted by molar-refractivity contribution is -0.115. The Hall–Kier alpha value is -2.38. The van der Waals surface area contributed by atoms with Crippen LogP contribution < -0.4 is 10.5 Å². The lowest BCUT2D eigenvalue weighted by atomic mass is 9.89. The van der Waals surface area contributed by atoms with Gasteiger partial charge >= 0.3 is 0 Å². The monoisotopic (exact) mass is 439 g/mol. The van der Waals surface area contributed by atoms with Crippen molar-refractivity contribution >= 4 is 44.9 Å². The zero-order valence-electron chi connectivity index (χ0n) is 17.3. The molecule has 2 heterocycles. The number of hydrogen-bond acceptors (Lipinski definition) is 5. The van der Waals surface area contributed by atoms with E-state index in [2.05, 4.69) is 13.5 Å². The lowest BCUT2D eigenvalue weighted by Gasteiger charge is -2.18. The first-order valence-corrected chi connectivity index (χ1v) is 11.9. The second-order valence-electron chi connectivity index (χ2n) is 7.71. The number of anilines is 1. The molecule has 0 spiro atoms.